The van der Waals surface area contributed by atoms with E-state index in [2.05, 4.69) is 31.1 Å². The summed E-state index contributed by atoms with van der Waals surface area (Å²) in [6.45, 7) is 1.78. The topological polar surface area (TPSA) is 138 Å². The smallest absolute Gasteiger partial charge is 0.475 e. The molecule has 0 radical (unpaired) electrons. The molecule has 0 aliphatic carbocycles. The van der Waals surface area contributed by atoms with Crippen LogP contribution in [-0.4, -0.2) is 66.7 Å². The van der Waals surface area contributed by atoms with Crippen LogP contribution in [0.3, 0.4) is 0 Å². The first-order chi connectivity index (χ1) is 16.8. The van der Waals surface area contributed by atoms with Gasteiger partial charge in [-0.25, -0.2) is 14.3 Å². The fourth-order valence-electron chi connectivity index (χ4n) is 3.27. The van der Waals surface area contributed by atoms with Crippen molar-refractivity contribution >= 4 is 29.0 Å². The van der Waals surface area contributed by atoms with Crippen LogP contribution in [0.5, 0.6) is 0 Å². The molecule has 3 aromatic heterocycles. The summed E-state index contributed by atoms with van der Waals surface area (Å²) in [5, 5.41) is 23.4. The number of piperidine rings is 1. The van der Waals surface area contributed by atoms with Gasteiger partial charge in [0.05, 0.1) is 11.9 Å². The van der Waals surface area contributed by atoms with Gasteiger partial charge in [-0.05, 0) is 25.5 Å². The Morgan fingerprint density at radius 3 is 2.50 bits per heavy atom. The summed E-state index contributed by atoms with van der Waals surface area (Å²) in [5.41, 5.74) is -1.28. The van der Waals surface area contributed by atoms with Crippen LogP contribution < -0.4 is 16.0 Å². The lowest BCUT2D eigenvalue weighted by molar-refractivity contribution is -0.192. The Bertz CT molecular complexity index is 1230. The number of halogens is 6. The van der Waals surface area contributed by atoms with Crippen LogP contribution in [0.15, 0.2) is 24.7 Å². The Labute approximate surface area is 198 Å². The molecular weight excluding hydrogens is 502 g/mol. The van der Waals surface area contributed by atoms with Crippen LogP contribution in [0.4, 0.5) is 37.8 Å². The number of carbonyl (C=O) groups is 2. The molecule has 4 N–H and O–H groups in total. The number of fused-ring (bicyclic) bond motifs is 1. The number of alkyl halides is 6. The van der Waals surface area contributed by atoms with Crippen molar-refractivity contribution in [1.29, 1.82) is 0 Å². The average molecular weight is 522 g/mol. The van der Waals surface area contributed by atoms with Gasteiger partial charge < -0.3 is 21.1 Å². The first-order valence-corrected chi connectivity index (χ1v) is 10.3. The molecule has 0 aromatic carbocycles. The van der Waals surface area contributed by atoms with E-state index in [1.807, 2.05) is 0 Å². The minimum atomic E-state index is -5.08. The van der Waals surface area contributed by atoms with Gasteiger partial charge >= 0.3 is 18.3 Å². The zero-order valence-electron chi connectivity index (χ0n) is 18.5. The lowest BCUT2D eigenvalue weighted by atomic mass is 10.1. The second-order valence-corrected chi connectivity index (χ2v) is 7.65. The van der Waals surface area contributed by atoms with E-state index < -0.39 is 35.6 Å². The number of anilines is 2. The molecule has 0 unspecified atom stereocenters. The van der Waals surface area contributed by atoms with Gasteiger partial charge in [0.2, 0.25) is 0 Å². The van der Waals surface area contributed by atoms with Gasteiger partial charge in [-0.2, -0.15) is 36.5 Å². The number of carboxylic acids is 1. The molecule has 1 aliphatic heterocycles. The van der Waals surface area contributed by atoms with E-state index in [1.54, 1.807) is 12.3 Å². The molecule has 3 aromatic rings. The highest BCUT2D eigenvalue weighted by atomic mass is 19.4. The molecular formula is C19H20F6N8O3. The number of hydrogen-bond donors (Lipinski definition) is 4. The van der Waals surface area contributed by atoms with Crippen LogP contribution in [0, 0.1) is 0 Å². The minimum absolute atomic E-state index is 0.0624. The molecule has 0 saturated carbocycles. The molecule has 1 saturated heterocycles. The number of rotatable bonds is 4. The molecule has 11 nitrogen and oxygen atoms in total. The quantitative estimate of drug-likeness (QED) is 0.384. The highest BCUT2D eigenvalue weighted by Crippen LogP contribution is 2.33. The number of carbonyl (C=O) groups excluding carboxylic acids is 1. The fraction of sp³-hybridized carbons (Fsp3) is 0.421. The number of nitrogens with zero attached hydrogens (tertiary/aromatic N) is 5. The molecule has 1 fully saturated rings. The van der Waals surface area contributed by atoms with Gasteiger partial charge in [-0.15, -0.1) is 0 Å². The van der Waals surface area contributed by atoms with Crippen LogP contribution >= 0.6 is 0 Å². The minimum Gasteiger partial charge on any atom is -0.475 e. The molecule has 17 heteroatoms. The van der Waals surface area contributed by atoms with E-state index in [9.17, 15) is 31.1 Å². The third kappa shape index (κ3) is 6.61. The van der Waals surface area contributed by atoms with Gasteiger partial charge in [-0.3, -0.25) is 9.48 Å². The molecule has 4 rings (SSSR count). The Morgan fingerprint density at radius 1 is 1.22 bits per heavy atom. The maximum Gasteiger partial charge on any atom is 0.490 e. The molecule has 1 amide bonds. The van der Waals surface area contributed by atoms with E-state index >= 15 is 0 Å². The van der Waals surface area contributed by atoms with Crippen LogP contribution in [0.2, 0.25) is 0 Å². The standard InChI is InChI=1S/C17H19F3N8O.C2HF3O2/c1-27-9-12(14(26-27)17(18,19)20)24-16(29)11-8-22-28-6-4-13(25-15(11)28)23-10-3-2-5-21-7-10;3-2(4,5)1(6)7/h4,6,8-10,21H,2-3,5,7H2,1H3,(H,23,25)(H,24,29);(H,6,7)/t10-;/m1./s1. The lowest BCUT2D eigenvalue weighted by Crippen LogP contribution is -2.38. The maximum absolute atomic E-state index is 13.1. The Morgan fingerprint density at radius 2 is 1.92 bits per heavy atom. The lowest BCUT2D eigenvalue weighted by Gasteiger charge is -2.24. The summed E-state index contributed by atoms with van der Waals surface area (Å²) in [5.74, 6) is -2.94. The maximum atomic E-state index is 13.1. The van der Waals surface area contributed by atoms with Crippen molar-refractivity contribution in [3.05, 3.63) is 35.9 Å². The largest absolute Gasteiger partial charge is 0.490 e. The predicted molar refractivity (Wildman–Crippen MR) is 112 cm³/mol. The van der Waals surface area contributed by atoms with E-state index in [1.165, 1.54) is 17.8 Å². The van der Waals surface area contributed by atoms with Crippen molar-refractivity contribution in [2.45, 2.75) is 31.2 Å². The third-order valence-corrected chi connectivity index (χ3v) is 4.85. The highest BCUT2D eigenvalue weighted by Gasteiger charge is 2.38. The average Bonchev–Trinajstić information content (AvgIpc) is 3.37. The van der Waals surface area contributed by atoms with Crippen molar-refractivity contribution in [3.63, 3.8) is 0 Å². The summed E-state index contributed by atoms with van der Waals surface area (Å²) in [6, 6.07) is 1.95. The van der Waals surface area contributed by atoms with E-state index in [0.29, 0.717) is 5.82 Å². The Hall–Kier alpha value is -3.89. The Balaban J connectivity index is 0.000000454. The fourth-order valence-corrected chi connectivity index (χ4v) is 3.27. The zero-order chi connectivity index (χ0) is 26.7. The van der Waals surface area contributed by atoms with Gasteiger partial charge in [-0.1, -0.05) is 0 Å². The summed E-state index contributed by atoms with van der Waals surface area (Å²) in [4.78, 5) is 26.0. The van der Waals surface area contributed by atoms with Crippen molar-refractivity contribution in [2.24, 2.45) is 7.05 Å². The summed E-state index contributed by atoms with van der Waals surface area (Å²) in [7, 11) is 1.35. The second-order valence-electron chi connectivity index (χ2n) is 7.65. The molecule has 0 spiro atoms. The summed E-state index contributed by atoms with van der Waals surface area (Å²) in [6.07, 6.45) is -3.71. The van der Waals surface area contributed by atoms with Gasteiger partial charge in [0.25, 0.3) is 5.91 Å². The SMILES string of the molecule is Cn1cc(NC(=O)c2cnn3ccc(N[C@@H]4CCCNC4)nc23)c(C(F)(F)F)n1.O=C(O)C(F)(F)F. The van der Waals surface area contributed by atoms with E-state index in [4.69, 9.17) is 9.90 Å². The Kier molecular flexibility index (Phi) is 7.71. The van der Waals surface area contributed by atoms with Gasteiger partial charge in [0.15, 0.2) is 11.3 Å². The van der Waals surface area contributed by atoms with Crippen LogP contribution in [0.25, 0.3) is 5.65 Å². The zero-order valence-corrected chi connectivity index (χ0v) is 18.5. The monoisotopic (exact) mass is 522 g/mol. The van der Waals surface area contributed by atoms with Crippen molar-refractivity contribution < 1.29 is 41.0 Å². The van der Waals surface area contributed by atoms with E-state index in [-0.39, 0.29) is 17.3 Å². The third-order valence-electron chi connectivity index (χ3n) is 4.85. The first-order valence-electron chi connectivity index (χ1n) is 10.3. The number of aryl methyl sites for hydroxylation is 1. The van der Waals surface area contributed by atoms with Crippen LogP contribution in [0.1, 0.15) is 28.9 Å². The predicted octanol–water partition coefficient (Wildman–Crippen LogP) is 2.53. The number of aromatic nitrogens is 5. The first kappa shape index (κ1) is 26.7. The van der Waals surface area contributed by atoms with Gasteiger partial charge in [0.1, 0.15) is 11.4 Å². The molecule has 4 heterocycles. The number of hydrogen-bond acceptors (Lipinski definition) is 7. The molecule has 1 atom stereocenters. The molecule has 1 aliphatic rings. The number of carboxylic acid groups (broad SMARTS) is 1. The second kappa shape index (κ2) is 10.4. The number of nitrogens with one attached hydrogen (secondary N) is 3. The van der Waals surface area contributed by atoms with E-state index in [0.717, 1.165) is 36.8 Å². The number of aliphatic carboxylic acids is 1. The normalized spacial score (nSPS) is 16.2. The number of amides is 1. The molecule has 0 bridgehead atoms. The van der Waals surface area contributed by atoms with Crippen LogP contribution in [-0.2, 0) is 18.0 Å². The van der Waals surface area contributed by atoms with Crippen molar-refractivity contribution in [3.8, 4) is 0 Å². The van der Waals surface area contributed by atoms with Gasteiger partial charge in [0, 0.05) is 32.0 Å². The van der Waals surface area contributed by atoms with Crippen molar-refractivity contribution in [2.75, 3.05) is 23.7 Å². The molecule has 36 heavy (non-hydrogen) atoms. The highest BCUT2D eigenvalue weighted by molar-refractivity contribution is 6.08. The molecule has 196 valence electrons. The summed E-state index contributed by atoms with van der Waals surface area (Å²) >= 11 is 0. The summed E-state index contributed by atoms with van der Waals surface area (Å²) < 4.78 is 73.5. The van der Waals surface area contributed by atoms with Crippen molar-refractivity contribution in [1.82, 2.24) is 29.7 Å².